The Hall–Kier alpha value is -1.48. The minimum Gasteiger partial charge on any atom is -0.497 e. The average Bonchev–Trinajstić information content (AvgIpc) is 3.06. The highest BCUT2D eigenvalue weighted by molar-refractivity contribution is 5.83. The van der Waals surface area contributed by atoms with Gasteiger partial charge in [-0.15, -0.1) is 0 Å². The summed E-state index contributed by atoms with van der Waals surface area (Å²) in [7, 11) is 1.67. The first-order valence-electron chi connectivity index (χ1n) is 5.53. The van der Waals surface area contributed by atoms with Crippen molar-refractivity contribution < 1.29 is 14.3 Å². The summed E-state index contributed by atoms with van der Waals surface area (Å²) >= 11 is 0. The largest absolute Gasteiger partial charge is 0.497 e. The van der Waals surface area contributed by atoms with E-state index >= 15 is 0 Å². The number of ether oxygens (including phenoxy) is 1. The molecule has 0 unspecified atom stereocenters. The number of furan rings is 1. The van der Waals surface area contributed by atoms with Crippen molar-refractivity contribution in [3.63, 3.8) is 0 Å². The van der Waals surface area contributed by atoms with E-state index in [1.807, 2.05) is 18.2 Å². The second-order valence-corrected chi connectivity index (χ2v) is 4.28. The zero-order valence-electron chi connectivity index (χ0n) is 9.19. The van der Waals surface area contributed by atoms with Crippen molar-refractivity contribution in [2.24, 2.45) is 0 Å². The lowest BCUT2D eigenvalue weighted by atomic mass is 10.1. The van der Waals surface area contributed by atoms with E-state index in [1.54, 1.807) is 7.11 Å². The van der Waals surface area contributed by atoms with Crippen molar-refractivity contribution in [3.8, 4) is 5.75 Å². The SMILES string of the molecule is COc1cc(C2CC2)c2oc(CO)cc2c1. The van der Waals surface area contributed by atoms with Crippen LogP contribution < -0.4 is 4.74 Å². The van der Waals surface area contributed by atoms with Crippen molar-refractivity contribution in [2.75, 3.05) is 7.11 Å². The minimum absolute atomic E-state index is 0.0545. The van der Waals surface area contributed by atoms with E-state index < -0.39 is 0 Å². The van der Waals surface area contributed by atoms with Gasteiger partial charge in [0.1, 0.15) is 23.7 Å². The molecule has 1 N–H and O–H groups in total. The average molecular weight is 218 g/mol. The van der Waals surface area contributed by atoms with Crippen molar-refractivity contribution in [3.05, 3.63) is 29.5 Å². The third-order valence-electron chi connectivity index (χ3n) is 3.08. The number of aliphatic hydroxyl groups is 1. The Bertz CT molecular complexity index is 523. The zero-order valence-corrected chi connectivity index (χ0v) is 9.19. The third-order valence-corrected chi connectivity index (χ3v) is 3.08. The monoisotopic (exact) mass is 218 g/mol. The highest BCUT2D eigenvalue weighted by Crippen LogP contribution is 2.45. The fourth-order valence-electron chi connectivity index (χ4n) is 2.10. The fourth-order valence-corrected chi connectivity index (χ4v) is 2.10. The Morgan fingerprint density at radius 3 is 2.81 bits per heavy atom. The summed E-state index contributed by atoms with van der Waals surface area (Å²) in [6, 6.07) is 5.87. The Kier molecular flexibility index (Phi) is 2.14. The number of rotatable bonds is 3. The molecule has 0 radical (unpaired) electrons. The summed E-state index contributed by atoms with van der Waals surface area (Å²) in [5, 5.41) is 10.1. The zero-order chi connectivity index (χ0) is 11.1. The second kappa shape index (κ2) is 3.52. The fraction of sp³-hybridized carbons (Fsp3) is 0.385. The van der Waals surface area contributed by atoms with Crippen molar-refractivity contribution in [1.82, 2.24) is 0 Å². The van der Waals surface area contributed by atoms with E-state index in [1.165, 1.54) is 18.4 Å². The van der Waals surface area contributed by atoms with Crippen LogP contribution in [0.4, 0.5) is 0 Å². The molecule has 3 rings (SSSR count). The summed E-state index contributed by atoms with van der Waals surface area (Å²) in [5.74, 6) is 2.08. The van der Waals surface area contributed by atoms with Crippen LogP contribution in [0.25, 0.3) is 11.0 Å². The molecule has 16 heavy (non-hydrogen) atoms. The van der Waals surface area contributed by atoms with Crippen LogP contribution in [0.1, 0.15) is 30.1 Å². The lowest BCUT2D eigenvalue weighted by Crippen LogP contribution is -1.86. The highest BCUT2D eigenvalue weighted by atomic mass is 16.5. The van der Waals surface area contributed by atoms with Crippen LogP contribution in [0.5, 0.6) is 5.75 Å². The summed E-state index contributed by atoms with van der Waals surface area (Å²) in [6.45, 7) is -0.0545. The maximum Gasteiger partial charge on any atom is 0.138 e. The molecule has 0 atom stereocenters. The van der Waals surface area contributed by atoms with Gasteiger partial charge in [-0.1, -0.05) is 0 Å². The second-order valence-electron chi connectivity index (χ2n) is 4.28. The van der Waals surface area contributed by atoms with Gasteiger partial charge in [0.25, 0.3) is 0 Å². The smallest absolute Gasteiger partial charge is 0.138 e. The molecule has 1 fully saturated rings. The number of methoxy groups -OCH3 is 1. The molecule has 3 heteroatoms. The third kappa shape index (κ3) is 1.48. The molecule has 84 valence electrons. The molecule has 0 aliphatic heterocycles. The molecule has 1 aromatic carbocycles. The number of hydrogen-bond acceptors (Lipinski definition) is 3. The standard InChI is InChI=1S/C13H14O3/c1-15-10-4-9-5-11(7-14)16-13(9)12(6-10)8-2-3-8/h4-6,8,14H,2-3,7H2,1H3. The van der Waals surface area contributed by atoms with E-state index in [0.717, 1.165) is 16.7 Å². The quantitative estimate of drug-likeness (QED) is 0.861. The highest BCUT2D eigenvalue weighted by Gasteiger charge is 2.27. The summed E-state index contributed by atoms with van der Waals surface area (Å²) in [6.07, 6.45) is 2.44. The van der Waals surface area contributed by atoms with Gasteiger partial charge in [0.2, 0.25) is 0 Å². The van der Waals surface area contributed by atoms with Gasteiger partial charge in [0.05, 0.1) is 7.11 Å². The number of benzene rings is 1. The summed E-state index contributed by atoms with van der Waals surface area (Å²) in [4.78, 5) is 0. The van der Waals surface area contributed by atoms with Gasteiger partial charge in [-0.05, 0) is 37.0 Å². The van der Waals surface area contributed by atoms with Crippen LogP contribution in [0, 0.1) is 0 Å². The van der Waals surface area contributed by atoms with Crippen LogP contribution in [0.2, 0.25) is 0 Å². The molecule has 1 heterocycles. The molecule has 0 amide bonds. The van der Waals surface area contributed by atoms with Gasteiger partial charge in [-0.3, -0.25) is 0 Å². The van der Waals surface area contributed by atoms with Gasteiger partial charge in [-0.2, -0.15) is 0 Å². The molecule has 0 bridgehead atoms. The topological polar surface area (TPSA) is 42.6 Å². The Labute approximate surface area is 93.6 Å². The van der Waals surface area contributed by atoms with Crippen molar-refractivity contribution in [2.45, 2.75) is 25.4 Å². The molecule has 0 saturated heterocycles. The summed E-state index contributed by atoms with van der Waals surface area (Å²) < 4.78 is 10.9. The first-order chi connectivity index (χ1) is 7.81. The molecular weight excluding hydrogens is 204 g/mol. The normalized spacial score (nSPS) is 15.6. The van der Waals surface area contributed by atoms with Crippen molar-refractivity contribution in [1.29, 1.82) is 0 Å². The van der Waals surface area contributed by atoms with E-state index in [0.29, 0.717) is 11.7 Å². The molecule has 1 aliphatic rings. The van der Waals surface area contributed by atoms with E-state index in [4.69, 9.17) is 14.3 Å². The first-order valence-corrected chi connectivity index (χ1v) is 5.53. The number of hydrogen-bond donors (Lipinski definition) is 1. The number of aliphatic hydroxyl groups excluding tert-OH is 1. The molecule has 1 saturated carbocycles. The lowest BCUT2D eigenvalue weighted by molar-refractivity contribution is 0.251. The van der Waals surface area contributed by atoms with E-state index in [2.05, 4.69) is 0 Å². The van der Waals surface area contributed by atoms with Gasteiger partial charge in [0.15, 0.2) is 0 Å². The Morgan fingerprint density at radius 1 is 1.38 bits per heavy atom. The maximum atomic E-state index is 9.09. The van der Waals surface area contributed by atoms with Gasteiger partial charge >= 0.3 is 0 Å². The van der Waals surface area contributed by atoms with Crippen LogP contribution >= 0.6 is 0 Å². The van der Waals surface area contributed by atoms with E-state index in [-0.39, 0.29) is 6.61 Å². The Balaban J connectivity index is 2.22. The van der Waals surface area contributed by atoms with Crippen LogP contribution in [-0.2, 0) is 6.61 Å². The molecule has 3 nitrogen and oxygen atoms in total. The molecule has 2 aromatic rings. The predicted octanol–water partition coefficient (Wildman–Crippen LogP) is 2.81. The maximum absolute atomic E-state index is 9.09. The summed E-state index contributed by atoms with van der Waals surface area (Å²) in [5.41, 5.74) is 2.13. The van der Waals surface area contributed by atoms with Gasteiger partial charge in [-0.25, -0.2) is 0 Å². The lowest BCUT2D eigenvalue weighted by Gasteiger charge is -2.04. The van der Waals surface area contributed by atoms with Crippen LogP contribution in [-0.4, -0.2) is 12.2 Å². The van der Waals surface area contributed by atoms with E-state index in [9.17, 15) is 0 Å². The molecular formula is C13H14O3. The molecule has 0 spiro atoms. The molecule has 1 aromatic heterocycles. The van der Waals surface area contributed by atoms with Crippen LogP contribution in [0.15, 0.2) is 22.6 Å². The molecule has 1 aliphatic carbocycles. The Morgan fingerprint density at radius 2 is 2.19 bits per heavy atom. The van der Waals surface area contributed by atoms with Crippen molar-refractivity contribution >= 4 is 11.0 Å². The first kappa shape index (κ1) is 9.73. The van der Waals surface area contributed by atoms with Crippen LogP contribution in [0.3, 0.4) is 0 Å². The minimum atomic E-state index is -0.0545. The van der Waals surface area contributed by atoms with Gasteiger partial charge in [0, 0.05) is 10.9 Å². The number of fused-ring (bicyclic) bond motifs is 1. The predicted molar refractivity (Wildman–Crippen MR) is 60.7 cm³/mol. The van der Waals surface area contributed by atoms with Gasteiger partial charge < -0.3 is 14.3 Å².